The van der Waals surface area contributed by atoms with Crippen LogP contribution in [0.15, 0.2) is 12.2 Å². The molecule has 0 amide bonds. The van der Waals surface area contributed by atoms with Gasteiger partial charge in [-0.2, -0.15) is 0 Å². The first kappa shape index (κ1) is 39.5. The van der Waals surface area contributed by atoms with Gasteiger partial charge in [0.15, 0.2) is 11.6 Å². The largest absolute Gasteiger partial charge is 0.460 e. The number of unbranched alkanes of at least 4 members (excludes halogenated alkanes) is 8. The normalized spacial score (nSPS) is 18.0. The van der Waals surface area contributed by atoms with Crippen LogP contribution in [0.2, 0.25) is 0 Å². The minimum Gasteiger partial charge on any atom is -0.460 e. The molecule has 0 aromatic rings. The van der Waals surface area contributed by atoms with E-state index < -0.39 is 52.8 Å². The number of carbonyl (C=O) groups is 2. The van der Waals surface area contributed by atoms with E-state index >= 15 is 0 Å². The van der Waals surface area contributed by atoms with E-state index in [1.54, 1.807) is 47.6 Å². The summed E-state index contributed by atoms with van der Waals surface area (Å²) >= 11 is 0. The Kier molecular flexibility index (Phi) is 16.4. The van der Waals surface area contributed by atoms with E-state index in [1.165, 1.54) is 45.6 Å². The third kappa shape index (κ3) is 16.4. The first-order chi connectivity index (χ1) is 19.8. The third-order valence-corrected chi connectivity index (χ3v) is 6.95. The number of ether oxygens (including phenoxy) is 5. The highest BCUT2D eigenvalue weighted by Crippen LogP contribution is 2.33. The van der Waals surface area contributed by atoms with Gasteiger partial charge in [0.1, 0.15) is 17.3 Å². The number of rotatable bonds is 20. The van der Waals surface area contributed by atoms with Gasteiger partial charge < -0.3 is 33.9 Å². The van der Waals surface area contributed by atoms with Crippen LogP contribution in [0.3, 0.4) is 0 Å². The topological polar surface area (TPSA) is 121 Å². The van der Waals surface area contributed by atoms with Gasteiger partial charge in [-0.05, 0) is 81.1 Å². The van der Waals surface area contributed by atoms with Crippen molar-refractivity contribution in [1.82, 2.24) is 0 Å². The SMILES string of the molecule is CCCCCCCC1(CCCCCCC=C[C@H](O)C(CC(=O)OC(C)(C)C)(OC(C)(C)O)C(=O)OC(C)(C)C)OCCO1. The number of esters is 2. The van der Waals surface area contributed by atoms with Crippen LogP contribution in [0.5, 0.6) is 0 Å². The maximum Gasteiger partial charge on any atom is 0.342 e. The van der Waals surface area contributed by atoms with Crippen LogP contribution in [0.4, 0.5) is 0 Å². The lowest BCUT2D eigenvalue weighted by Crippen LogP contribution is -2.58. The zero-order chi connectivity index (χ0) is 32.8. The minimum absolute atomic E-state index is 0.421. The van der Waals surface area contributed by atoms with Crippen LogP contribution in [0.25, 0.3) is 0 Å². The van der Waals surface area contributed by atoms with Crippen molar-refractivity contribution in [2.75, 3.05) is 13.2 Å². The molecule has 43 heavy (non-hydrogen) atoms. The molecule has 9 nitrogen and oxygen atoms in total. The molecule has 0 radical (unpaired) electrons. The highest BCUT2D eigenvalue weighted by atomic mass is 16.7. The smallest absolute Gasteiger partial charge is 0.342 e. The van der Waals surface area contributed by atoms with Crippen LogP contribution >= 0.6 is 0 Å². The molecular weight excluding hydrogens is 552 g/mol. The fourth-order valence-corrected chi connectivity index (χ4v) is 5.14. The lowest BCUT2D eigenvalue weighted by molar-refractivity contribution is -0.273. The standard InChI is InChI=1S/C34H62O9/c1-10-11-12-16-19-22-33(39-24-25-40-33)23-20-17-14-13-15-18-21-27(35)34(43-32(8,9)38,29(37)42-31(5,6)7)26-28(36)41-30(2,3)4/h18,21,27,35,38H,10-17,19-20,22-26H2,1-9H3/t27-,34?/m0/s1. The second-order valence-corrected chi connectivity index (χ2v) is 14.3. The number of carbonyl (C=O) groups excluding carboxylic acids is 2. The molecule has 2 atom stereocenters. The number of aliphatic hydroxyl groups is 2. The Bertz CT molecular complexity index is 841. The minimum atomic E-state index is -2.21. The summed E-state index contributed by atoms with van der Waals surface area (Å²) < 4.78 is 28.8. The molecule has 1 heterocycles. The number of aliphatic hydroxyl groups excluding tert-OH is 1. The fourth-order valence-electron chi connectivity index (χ4n) is 5.14. The van der Waals surface area contributed by atoms with Gasteiger partial charge in [0, 0.05) is 12.8 Å². The predicted molar refractivity (Wildman–Crippen MR) is 167 cm³/mol. The maximum absolute atomic E-state index is 13.5. The third-order valence-electron chi connectivity index (χ3n) is 6.95. The van der Waals surface area contributed by atoms with Crippen molar-refractivity contribution in [2.45, 2.75) is 180 Å². The molecule has 0 aromatic heterocycles. The Balaban J connectivity index is 2.79. The Hall–Kier alpha value is -1.52. The van der Waals surface area contributed by atoms with E-state index in [4.69, 9.17) is 23.7 Å². The molecule has 0 aromatic carbocycles. The van der Waals surface area contributed by atoms with Gasteiger partial charge >= 0.3 is 11.9 Å². The molecular formula is C34H62O9. The molecule has 1 rings (SSSR count). The van der Waals surface area contributed by atoms with Crippen LogP contribution in [0.1, 0.15) is 146 Å². The van der Waals surface area contributed by atoms with E-state index in [9.17, 15) is 19.8 Å². The van der Waals surface area contributed by atoms with Gasteiger partial charge in [0.2, 0.25) is 5.60 Å². The summed E-state index contributed by atoms with van der Waals surface area (Å²) in [5.41, 5.74) is -3.96. The molecule has 1 aliphatic heterocycles. The molecule has 1 saturated heterocycles. The molecule has 9 heteroatoms. The average molecular weight is 615 g/mol. The summed E-state index contributed by atoms with van der Waals surface area (Å²) in [4.78, 5) is 26.4. The first-order valence-corrected chi connectivity index (χ1v) is 16.3. The van der Waals surface area contributed by atoms with Gasteiger partial charge in [-0.15, -0.1) is 0 Å². The van der Waals surface area contributed by atoms with Crippen molar-refractivity contribution in [3.63, 3.8) is 0 Å². The van der Waals surface area contributed by atoms with Crippen molar-refractivity contribution in [3.8, 4) is 0 Å². The lowest BCUT2D eigenvalue weighted by atomic mass is 9.90. The maximum atomic E-state index is 13.5. The summed E-state index contributed by atoms with van der Waals surface area (Å²) in [6, 6.07) is 0. The monoisotopic (exact) mass is 614 g/mol. The molecule has 0 bridgehead atoms. The summed E-state index contributed by atoms with van der Waals surface area (Å²) in [7, 11) is 0. The van der Waals surface area contributed by atoms with Gasteiger partial charge in [-0.1, -0.05) is 57.6 Å². The van der Waals surface area contributed by atoms with Crippen molar-refractivity contribution in [2.24, 2.45) is 0 Å². The quantitative estimate of drug-likeness (QED) is 0.0652. The zero-order valence-corrected chi connectivity index (χ0v) is 28.6. The van der Waals surface area contributed by atoms with Crippen molar-refractivity contribution in [3.05, 3.63) is 12.2 Å². The second-order valence-electron chi connectivity index (χ2n) is 14.3. The number of allylic oxidation sites excluding steroid dienone is 1. The Morgan fingerprint density at radius 1 is 0.814 bits per heavy atom. The van der Waals surface area contributed by atoms with Crippen LogP contribution in [-0.2, 0) is 33.3 Å². The molecule has 1 aliphatic rings. The lowest BCUT2D eigenvalue weighted by Gasteiger charge is -2.40. The number of hydrogen-bond donors (Lipinski definition) is 2. The van der Waals surface area contributed by atoms with E-state index in [0.29, 0.717) is 19.6 Å². The summed E-state index contributed by atoms with van der Waals surface area (Å²) in [6.07, 6.45) is 13.5. The Morgan fingerprint density at radius 3 is 1.81 bits per heavy atom. The van der Waals surface area contributed by atoms with Crippen molar-refractivity contribution in [1.29, 1.82) is 0 Å². The van der Waals surface area contributed by atoms with Gasteiger partial charge in [-0.3, -0.25) is 4.79 Å². The van der Waals surface area contributed by atoms with E-state index in [1.807, 2.05) is 0 Å². The second kappa shape index (κ2) is 17.8. The molecule has 2 N–H and O–H groups in total. The molecule has 0 aliphatic carbocycles. The average Bonchev–Trinajstić information content (AvgIpc) is 3.30. The molecule has 252 valence electrons. The van der Waals surface area contributed by atoms with Crippen LogP contribution < -0.4 is 0 Å². The van der Waals surface area contributed by atoms with E-state index in [2.05, 4.69) is 6.92 Å². The van der Waals surface area contributed by atoms with Gasteiger partial charge in [-0.25, -0.2) is 4.79 Å². The fraction of sp³-hybridized carbons (Fsp3) is 0.882. The Labute approximate surface area is 261 Å². The predicted octanol–water partition coefficient (Wildman–Crippen LogP) is 6.91. The molecule has 1 fully saturated rings. The van der Waals surface area contributed by atoms with Crippen molar-refractivity contribution >= 4 is 11.9 Å². The molecule has 0 saturated carbocycles. The highest BCUT2D eigenvalue weighted by Gasteiger charge is 2.53. The number of hydrogen-bond acceptors (Lipinski definition) is 9. The van der Waals surface area contributed by atoms with E-state index in [0.717, 1.165) is 44.9 Å². The van der Waals surface area contributed by atoms with Crippen LogP contribution in [0, 0.1) is 0 Å². The summed E-state index contributed by atoms with van der Waals surface area (Å²) in [5.74, 6) is -3.99. The molecule has 1 unspecified atom stereocenters. The van der Waals surface area contributed by atoms with Crippen molar-refractivity contribution < 1.29 is 43.5 Å². The van der Waals surface area contributed by atoms with Gasteiger partial charge in [0.25, 0.3) is 0 Å². The van der Waals surface area contributed by atoms with Crippen LogP contribution in [-0.4, -0.2) is 69.8 Å². The highest BCUT2D eigenvalue weighted by molar-refractivity contribution is 5.87. The Morgan fingerprint density at radius 2 is 1.33 bits per heavy atom. The molecule has 0 spiro atoms. The van der Waals surface area contributed by atoms with E-state index in [-0.39, 0.29) is 0 Å². The summed E-state index contributed by atoms with van der Waals surface area (Å²) in [5, 5.41) is 21.8. The van der Waals surface area contributed by atoms with Gasteiger partial charge in [0.05, 0.1) is 19.6 Å². The summed E-state index contributed by atoms with van der Waals surface area (Å²) in [6.45, 7) is 16.3. The zero-order valence-electron chi connectivity index (χ0n) is 28.6. The first-order valence-electron chi connectivity index (χ1n) is 16.3.